The SMILES string of the molecule is CC(C)(NS(=O)(=O)c1cccc(Cl)c1Cl)C(=O)CC12CC3CC(C1)CC(C(N)=O)(C3)C2. The van der Waals surface area contributed by atoms with Crippen molar-refractivity contribution in [2.75, 3.05) is 0 Å². The number of ketones is 1. The van der Waals surface area contributed by atoms with E-state index >= 15 is 0 Å². The number of hydrogen-bond donors (Lipinski definition) is 2. The van der Waals surface area contributed by atoms with Gasteiger partial charge in [0.2, 0.25) is 15.9 Å². The van der Waals surface area contributed by atoms with Crippen molar-refractivity contribution in [2.45, 2.75) is 69.2 Å². The second-order valence-corrected chi connectivity index (χ2v) is 12.9. The minimum Gasteiger partial charge on any atom is -0.369 e. The number of nitrogens with two attached hydrogens (primary N) is 1. The van der Waals surface area contributed by atoms with Crippen molar-refractivity contribution in [3.05, 3.63) is 28.2 Å². The van der Waals surface area contributed by atoms with E-state index in [2.05, 4.69) is 4.72 Å². The highest BCUT2D eigenvalue weighted by Crippen LogP contribution is 2.66. The van der Waals surface area contributed by atoms with Crippen molar-refractivity contribution >= 4 is 44.9 Å². The first-order valence-corrected chi connectivity index (χ1v) is 12.8. The van der Waals surface area contributed by atoms with Gasteiger partial charge in [-0.2, -0.15) is 4.72 Å². The number of halogens is 2. The molecule has 4 saturated carbocycles. The number of rotatable bonds is 7. The smallest absolute Gasteiger partial charge is 0.243 e. The Morgan fingerprint density at radius 1 is 1.16 bits per heavy atom. The molecule has 0 aromatic heterocycles. The summed E-state index contributed by atoms with van der Waals surface area (Å²) in [5.41, 5.74) is 3.67. The lowest BCUT2D eigenvalue weighted by Crippen LogP contribution is -2.58. The predicted octanol–water partition coefficient (Wildman–Crippen LogP) is 4.08. The molecule has 31 heavy (non-hydrogen) atoms. The van der Waals surface area contributed by atoms with Gasteiger partial charge in [0, 0.05) is 6.42 Å². The second kappa shape index (κ2) is 7.44. The van der Waals surface area contributed by atoms with E-state index in [1.807, 2.05) is 0 Å². The highest BCUT2D eigenvalue weighted by atomic mass is 35.5. The number of carbonyl (C=O) groups is 2. The first-order chi connectivity index (χ1) is 14.3. The highest BCUT2D eigenvalue weighted by Gasteiger charge is 2.60. The van der Waals surface area contributed by atoms with Gasteiger partial charge < -0.3 is 5.73 Å². The normalized spacial score (nSPS) is 32.3. The van der Waals surface area contributed by atoms with Gasteiger partial charge in [-0.3, -0.25) is 9.59 Å². The zero-order chi connectivity index (χ0) is 22.8. The summed E-state index contributed by atoms with van der Waals surface area (Å²) in [5, 5.41) is 0.0448. The molecular formula is C22H28Cl2N2O4S. The summed E-state index contributed by atoms with van der Waals surface area (Å²) in [6, 6.07) is 4.35. The van der Waals surface area contributed by atoms with Crippen LogP contribution in [0.5, 0.6) is 0 Å². The van der Waals surface area contributed by atoms with Crippen LogP contribution < -0.4 is 10.5 Å². The molecule has 1 aromatic carbocycles. The van der Waals surface area contributed by atoms with Crippen LogP contribution in [0.2, 0.25) is 10.0 Å². The van der Waals surface area contributed by atoms with Crippen molar-refractivity contribution in [3.63, 3.8) is 0 Å². The number of amides is 1. The van der Waals surface area contributed by atoms with Gasteiger partial charge in [0.05, 0.1) is 21.0 Å². The third-order valence-electron chi connectivity index (χ3n) is 7.53. The van der Waals surface area contributed by atoms with E-state index in [1.165, 1.54) is 18.2 Å². The van der Waals surface area contributed by atoms with Gasteiger partial charge in [-0.1, -0.05) is 29.3 Å². The molecule has 170 valence electrons. The maximum atomic E-state index is 13.4. The number of sulfonamides is 1. The third-order valence-corrected chi connectivity index (χ3v) is 10.2. The van der Waals surface area contributed by atoms with E-state index in [0.29, 0.717) is 18.3 Å². The fourth-order valence-corrected chi connectivity index (χ4v) is 8.81. The number of carbonyl (C=O) groups excluding carboxylic acids is 2. The van der Waals surface area contributed by atoms with E-state index < -0.39 is 21.0 Å². The molecule has 0 heterocycles. The first kappa shape index (κ1) is 23.0. The van der Waals surface area contributed by atoms with Crippen molar-refractivity contribution < 1.29 is 18.0 Å². The van der Waals surface area contributed by atoms with Crippen molar-refractivity contribution in [1.29, 1.82) is 0 Å². The molecule has 4 aliphatic carbocycles. The molecule has 4 fully saturated rings. The van der Waals surface area contributed by atoms with Gasteiger partial charge >= 0.3 is 0 Å². The summed E-state index contributed by atoms with van der Waals surface area (Å²) in [6.07, 6.45) is 5.37. The lowest BCUT2D eigenvalue weighted by Gasteiger charge is -2.61. The molecule has 0 spiro atoms. The second-order valence-electron chi connectivity index (χ2n) is 10.5. The maximum Gasteiger partial charge on any atom is 0.243 e. The minimum absolute atomic E-state index is 0.0793. The first-order valence-electron chi connectivity index (χ1n) is 10.6. The van der Waals surface area contributed by atoms with Crippen LogP contribution in [0.15, 0.2) is 23.1 Å². The summed E-state index contributed by atoms with van der Waals surface area (Å²) in [4.78, 5) is 25.5. The van der Waals surface area contributed by atoms with Gasteiger partial charge in [0.15, 0.2) is 5.78 Å². The average Bonchev–Trinajstić information content (AvgIpc) is 2.61. The predicted molar refractivity (Wildman–Crippen MR) is 119 cm³/mol. The molecule has 4 bridgehead atoms. The average molecular weight is 487 g/mol. The Kier molecular flexibility index (Phi) is 5.52. The Labute approximate surface area is 193 Å². The Morgan fingerprint density at radius 3 is 2.35 bits per heavy atom. The number of Topliss-reactive ketones (excluding diaryl/α,β-unsaturated/α-hetero) is 1. The molecule has 5 rings (SSSR count). The lowest BCUT2D eigenvalue weighted by atomic mass is 9.43. The summed E-state index contributed by atoms with van der Waals surface area (Å²) >= 11 is 12.1. The molecule has 0 aliphatic heterocycles. The Balaban J connectivity index is 1.55. The number of benzene rings is 1. The number of primary amides is 1. The zero-order valence-corrected chi connectivity index (χ0v) is 20.0. The summed E-state index contributed by atoms with van der Waals surface area (Å²) in [5.74, 6) is 0.364. The summed E-state index contributed by atoms with van der Waals surface area (Å²) in [6.45, 7) is 3.13. The number of hydrogen-bond acceptors (Lipinski definition) is 4. The lowest BCUT2D eigenvalue weighted by molar-refractivity contribution is -0.158. The van der Waals surface area contributed by atoms with Crippen LogP contribution in [-0.2, 0) is 19.6 Å². The molecule has 4 aliphatic rings. The summed E-state index contributed by atoms with van der Waals surface area (Å²) < 4.78 is 28.4. The van der Waals surface area contributed by atoms with Crippen LogP contribution in [-0.4, -0.2) is 25.6 Å². The quantitative estimate of drug-likeness (QED) is 0.605. The monoisotopic (exact) mass is 486 g/mol. The highest BCUT2D eigenvalue weighted by molar-refractivity contribution is 7.89. The van der Waals surface area contributed by atoms with Crippen LogP contribution in [0.25, 0.3) is 0 Å². The Bertz CT molecular complexity index is 1040. The van der Waals surface area contributed by atoms with Crippen molar-refractivity contribution in [3.8, 4) is 0 Å². The van der Waals surface area contributed by atoms with Crippen LogP contribution >= 0.6 is 23.2 Å². The molecule has 3 N–H and O–H groups in total. The zero-order valence-electron chi connectivity index (χ0n) is 17.7. The molecule has 2 unspecified atom stereocenters. The van der Waals surface area contributed by atoms with Crippen LogP contribution in [0.1, 0.15) is 58.8 Å². The fraction of sp³-hybridized carbons (Fsp3) is 0.636. The van der Waals surface area contributed by atoms with Gasteiger partial charge in [0.25, 0.3) is 0 Å². The van der Waals surface area contributed by atoms with E-state index in [-0.39, 0.29) is 38.5 Å². The van der Waals surface area contributed by atoms with Crippen LogP contribution in [0, 0.1) is 22.7 Å². The standard InChI is InChI=1S/C22H28Cl2N2O4S/c1-20(2,26-31(29,30)16-5-3-4-15(23)18(16)24)17(27)11-21-7-13-6-14(8-21)10-22(9-13,12-21)19(25)28/h3-5,13-14,26H,6-12H2,1-2H3,(H2,25,28). The number of nitrogens with one attached hydrogen (secondary N) is 1. The molecular weight excluding hydrogens is 459 g/mol. The minimum atomic E-state index is -4.07. The molecule has 2 atom stereocenters. The van der Waals surface area contributed by atoms with Crippen LogP contribution in [0.4, 0.5) is 0 Å². The van der Waals surface area contributed by atoms with E-state index in [1.54, 1.807) is 13.8 Å². The Morgan fingerprint density at radius 2 is 1.77 bits per heavy atom. The van der Waals surface area contributed by atoms with Gasteiger partial charge in [-0.25, -0.2) is 8.42 Å². The van der Waals surface area contributed by atoms with Gasteiger partial charge in [0.1, 0.15) is 4.90 Å². The molecule has 0 saturated heterocycles. The van der Waals surface area contributed by atoms with E-state index in [4.69, 9.17) is 28.9 Å². The molecule has 1 aromatic rings. The molecule has 9 heteroatoms. The fourth-order valence-electron chi connectivity index (χ4n) is 6.65. The van der Waals surface area contributed by atoms with E-state index in [9.17, 15) is 18.0 Å². The Hall–Kier alpha value is -1.15. The van der Waals surface area contributed by atoms with Crippen molar-refractivity contribution in [2.24, 2.45) is 28.4 Å². The summed E-state index contributed by atoms with van der Waals surface area (Å²) in [7, 11) is -4.07. The van der Waals surface area contributed by atoms with Crippen molar-refractivity contribution in [1.82, 2.24) is 4.72 Å². The molecule has 6 nitrogen and oxygen atoms in total. The molecule has 0 radical (unpaired) electrons. The van der Waals surface area contributed by atoms with Gasteiger partial charge in [-0.05, 0) is 81.8 Å². The van der Waals surface area contributed by atoms with Crippen LogP contribution in [0.3, 0.4) is 0 Å². The van der Waals surface area contributed by atoms with Gasteiger partial charge in [-0.15, -0.1) is 0 Å². The third kappa shape index (κ3) is 4.03. The molecule has 1 amide bonds. The van der Waals surface area contributed by atoms with E-state index in [0.717, 1.165) is 32.1 Å². The topological polar surface area (TPSA) is 106 Å². The maximum absolute atomic E-state index is 13.4. The largest absolute Gasteiger partial charge is 0.369 e.